The Bertz CT molecular complexity index is 634. The third-order valence-corrected chi connectivity index (χ3v) is 6.79. The molecule has 0 radical (unpaired) electrons. The van der Waals surface area contributed by atoms with Gasteiger partial charge >= 0.3 is 0 Å². The molecule has 162 valence electrons. The third-order valence-electron chi connectivity index (χ3n) is 6.79. The number of nitrogens with zero attached hydrogens (tertiary/aromatic N) is 4. The van der Waals surface area contributed by atoms with Crippen LogP contribution in [0.1, 0.15) is 37.8 Å². The van der Waals surface area contributed by atoms with E-state index >= 15 is 0 Å². The van der Waals surface area contributed by atoms with Crippen molar-refractivity contribution in [1.29, 1.82) is 0 Å². The summed E-state index contributed by atoms with van der Waals surface area (Å²) in [5.74, 6) is 1.03. The van der Waals surface area contributed by atoms with Gasteiger partial charge in [-0.25, -0.2) is 0 Å². The van der Waals surface area contributed by atoms with Gasteiger partial charge in [-0.05, 0) is 38.9 Å². The first-order valence-electron chi connectivity index (χ1n) is 11.1. The number of likely N-dealkylation sites (N-methyl/N-ethyl adjacent to an activating group) is 1. The van der Waals surface area contributed by atoms with Crippen molar-refractivity contribution in [3.8, 4) is 0 Å². The summed E-state index contributed by atoms with van der Waals surface area (Å²) in [5.41, 5.74) is 1.58. The molecule has 1 aromatic carbocycles. The lowest BCUT2D eigenvalue weighted by Gasteiger charge is -2.44. The van der Waals surface area contributed by atoms with Crippen LogP contribution in [0.3, 0.4) is 0 Å². The molecule has 0 aromatic heterocycles. The molecule has 2 aliphatic heterocycles. The maximum Gasteiger partial charge on any atom is 0.193 e. The lowest BCUT2D eigenvalue weighted by molar-refractivity contribution is -0.00539. The van der Waals surface area contributed by atoms with E-state index in [1.165, 1.54) is 5.56 Å². The second-order valence-electron chi connectivity index (χ2n) is 8.49. The molecule has 2 fully saturated rings. The van der Waals surface area contributed by atoms with E-state index in [0.29, 0.717) is 6.04 Å². The molecule has 0 aliphatic carbocycles. The van der Waals surface area contributed by atoms with E-state index < -0.39 is 0 Å². The molecule has 0 bridgehead atoms. The summed E-state index contributed by atoms with van der Waals surface area (Å²) < 4.78 is 5.61. The third kappa shape index (κ3) is 5.30. The Morgan fingerprint density at radius 3 is 2.34 bits per heavy atom. The minimum Gasteiger partial charge on any atom is -0.381 e. The number of piperazine rings is 1. The van der Waals surface area contributed by atoms with Crippen LogP contribution >= 0.6 is 0 Å². The van der Waals surface area contributed by atoms with Gasteiger partial charge in [0.1, 0.15) is 0 Å². The Morgan fingerprint density at radius 1 is 1.14 bits per heavy atom. The summed E-state index contributed by atoms with van der Waals surface area (Å²) in [4.78, 5) is 12.0. The quantitative estimate of drug-likeness (QED) is 0.586. The molecule has 2 heterocycles. The zero-order valence-corrected chi connectivity index (χ0v) is 18.7. The smallest absolute Gasteiger partial charge is 0.193 e. The van der Waals surface area contributed by atoms with Gasteiger partial charge in [-0.1, -0.05) is 37.3 Å². The molecule has 2 aliphatic rings. The van der Waals surface area contributed by atoms with Gasteiger partial charge in [0, 0.05) is 64.6 Å². The molecule has 1 unspecified atom stereocenters. The van der Waals surface area contributed by atoms with E-state index in [1.54, 1.807) is 0 Å². The fourth-order valence-electron chi connectivity index (χ4n) is 4.73. The van der Waals surface area contributed by atoms with Crippen LogP contribution in [0.15, 0.2) is 35.3 Å². The largest absolute Gasteiger partial charge is 0.381 e. The maximum atomic E-state index is 5.61. The number of nitrogens with one attached hydrogen (secondary N) is 1. The Kier molecular flexibility index (Phi) is 7.92. The second kappa shape index (κ2) is 10.4. The van der Waals surface area contributed by atoms with E-state index in [9.17, 15) is 0 Å². The Morgan fingerprint density at radius 2 is 1.79 bits per heavy atom. The molecular formula is C23H39N5O. The Hall–Kier alpha value is -1.63. The van der Waals surface area contributed by atoms with Crippen molar-refractivity contribution in [1.82, 2.24) is 20.0 Å². The van der Waals surface area contributed by atoms with Gasteiger partial charge < -0.3 is 19.9 Å². The minimum absolute atomic E-state index is 0.149. The molecule has 1 atom stereocenters. The monoisotopic (exact) mass is 401 g/mol. The average Bonchev–Trinajstić information content (AvgIpc) is 2.77. The number of hydrogen-bond donors (Lipinski definition) is 1. The van der Waals surface area contributed by atoms with E-state index in [1.807, 2.05) is 7.05 Å². The minimum atomic E-state index is 0.149. The first kappa shape index (κ1) is 22.1. The number of aliphatic imine (C=N–C) groups is 1. The predicted octanol–water partition coefficient (Wildman–Crippen LogP) is 2.44. The van der Waals surface area contributed by atoms with E-state index in [2.05, 4.69) is 76.4 Å². The summed E-state index contributed by atoms with van der Waals surface area (Å²) in [6.45, 7) is 9.06. The lowest BCUT2D eigenvalue weighted by Crippen LogP contribution is -2.59. The summed E-state index contributed by atoms with van der Waals surface area (Å²) in [7, 11) is 6.27. The number of guanidine groups is 1. The van der Waals surface area contributed by atoms with Crippen molar-refractivity contribution >= 4 is 5.96 Å². The zero-order valence-electron chi connectivity index (χ0n) is 18.7. The van der Waals surface area contributed by atoms with E-state index in [0.717, 1.165) is 71.2 Å². The van der Waals surface area contributed by atoms with E-state index in [4.69, 9.17) is 4.74 Å². The Balaban J connectivity index is 1.56. The molecule has 1 aromatic rings. The highest BCUT2D eigenvalue weighted by atomic mass is 16.5. The molecule has 3 rings (SSSR count). The van der Waals surface area contributed by atoms with Crippen molar-refractivity contribution in [2.45, 2.75) is 37.8 Å². The van der Waals surface area contributed by atoms with Gasteiger partial charge in [0.2, 0.25) is 0 Å². The molecule has 29 heavy (non-hydrogen) atoms. The number of ether oxygens (including phenoxy) is 1. The average molecular weight is 402 g/mol. The van der Waals surface area contributed by atoms with Crippen LogP contribution in [0, 0.1) is 0 Å². The highest BCUT2D eigenvalue weighted by Crippen LogP contribution is 2.26. The van der Waals surface area contributed by atoms with Crippen molar-refractivity contribution < 1.29 is 4.74 Å². The zero-order chi connectivity index (χ0) is 20.7. The molecule has 6 nitrogen and oxygen atoms in total. The molecule has 1 N–H and O–H groups in total. The lowest BCUT2D eigenvalue weighted by atomic mass is 9.88. The van der Waals surface area contributed by atoms with Crippen LogP contribution in [-0.4, -0.2) is 93.3 Å². The van der Waals surface area contributed by atoms with Gasteiger partial charge in [-0.2, -0.15) is 0 Å². The van der Waals surface area contributed by atoms with Crippen molar-refractivity contribution in [2.75, 3.05) is 67.1 Å². The van der Waals surface area contributed by atoms with E-state index in [-0.39, 0.29) is 5.54 Å². The van der Waals surface area contributed by atoms with Crippen LogP contribution in [0.2, 0.25) is 0 Å². The predicted molar refractivity (Wildman–Crippen MR) is 120 cm³/mol. The summed E-state index contributed by atoms with van der Waals surface area (Å²) in [5, 5.41) is 3.68. The number of benzene rings is 1. The van der Waals surface area contributed by atoms with Crippen LogP contribution in [0.25, 0.3) is 0 Å². The SMILES string of the molecule is CCC(c1ccccc1)N1CCN(C(=NC)NCC2(N(C)C)CCOCC2)CC1. The molecular weight excluding hydrogens is 362 g/mol. The fraction of sp³-hybridized carbons (Fsp3) is 0.696. The van der Waals surface area contributed by atoms with Crippen LogP contribution in [0.5, 0.6) is 0 Å². The molecule has 2 saturated heterocycles. The van der Waals surface area contributed by atoms with Crippen LogP contribution in [0.4, 0.5) is 0 Å². The summed E-state index contributed by atoms with van der Waals surface area (Å²) in [6.07, 6.45) is 3.27. The maximum absolute atomic E-state index is 5.61. The molecule has 6 heteroatoms. The second-order valence-corrected chi connectivity index (χ2v) is 8.49. The van der Waals surface area contributed by atoms with Crippen molar-refractivity contribution in [3.05, 3.63) is 35.9 Å². The number of hydrogen-bond acceptors (Lipinski definition) is 4. The van der Waals surface area contributed by atoms with Crippen LogP contribution in [-0.2, 0) is 4.74 Å². The normalized spacial score (nSPS) is 22.0. The highest BCUT2D eigenvalue weighted by Gasteiger charge is 2.35. The standard InChI is InChI=1S/C23H39N5O/c1-5-21(20-9-7-6-8-10-20)27-13-15-28(16-14-27)22(24-2)25-19-23(26(3)4)11-17-29-18-12-23/h6-10,21H,5,11-19H2,1-4H3,(H,24,25). The molecule has 0 spiro atoms. The summed E-state index contributed by atoms with van der Waals surface area (Å²) >= 11 is 0. The molecule has 0 amide bonds. The first-order valence-corrected chi connectivity index (χ1v) is 11.1. The molecule has 0 saturated carbocycles. The first-order chi connectivity index (χ1) is 14.1. The summed E-state index contributed by atoms with van der Waals surface area (Å²) in [6, 6.07) is 11.4. The van der Waals surface area contributed by atoms with Gasteiger partial charge in [0.15, 0.2) is 5.96 Å². The van der Waals surface area contributed by atoms with Crippen molar-refractivity contribution in [3.63, 3.8) is 0 Å². The van der Waals surface area contributed by atoms with Gasteiger partial charge in [0.25, 0.3) is 0 Å². The Labute approximate surface area is 176 Å². The van der Waals surface area contributed by atoms with Gasteiger partial charge in [-0.15, -0.1) is 0 Å². The van der Waals surface area contributed by atoms with Gasteiger partial charge in [0.05, 0.1) is 0 Å². The van der Waals surface area contributed by atoms with Crippen LogP contribution < -0.4 is 5.32 Å². The van der Waals surface area contributed by atoms with Gasteiger partial charge in [-0.3, -0.25) is 9.89 Å². The van der Waals surface area contributed by atoms with Crippen molar-refractivity contribution in [2.24, 2.45) is 4.99 Å². The topological polar surface area (TPSA) is 43.3 Å². The number of rotatable bonds is 6. The highest BCUT2D eigenvalue weighted by molar-refractivity contribution is 5.80. The fourth-order valence-corrected chi connectivity index (χ4v) is 4.73.